The van der Waals surface area contributed by atoms with Crippen molar-refractivity contribution in [3.63, 3.8) is 0 Å². The zero-order valence-corrected chi connectivity index (χ0v) is 11.3. The number of hydrogen-bond donors (Lipinski definition) is 2. The SMILES string of the molecule is Oc1c(Cl)cccc1CNCC1CC2CCC1C2. The predicted octanol–water partition coefficient (Wildman–Crippen LogP) is 3.57. The van der Waals surface area contributed by atoms with Crippen LogP contribution in [0.25, 0.3) is 0 Å². The fraction of sp³-hybridized carbons (Fsp3) is 0.600. The average molecular weight is 266 g/mol. The Labute approximate surface area is 113 Å². The van der Waals surface area contributed by atoms with Crippen LogP contribution < -0.4 is 5.32 Å². The minimum Gasteiger partial charge on any atom is -0.506 e. The molecule has 2 saturated carbocycles. The van der Waals surface area contributed by atoms with Gasteiger partial charge in [0.1, 0.15) is 5.75 Å². The first kappa shape index (κ1) is 12.3. The second-order valence-electron chi connectivity index (χ2n) is 5.81. The van der Waals surface area contributed by atoms with Gasteiger partial charge in [-0.05, 0) is 49.6 Å². The van der Waals surface area contributed by atoms with Crippen molar-refractivity contribution in [2.45, 2.75) is 32.2 Å². The highest BCUT2D eigenvalue weighted by atomic mass is 35.5. The maximum absolute atomic E-state index is 9.82. The van der Waals surface area contributed by atoms with Crippen molar-refractivity contribution in [2.24, 2.45) is 17.8 Å². The van der Waals surface area contributed by atoms with Gasteiger partial charge < -0.3 is 10.4 Å². The molecule has 0 saturated heterocycles. The van der Waals surface area contributed by atoms with E-state index in [4.69, 9.17) is 11.6 Å². The number of rotatable bonds is 4. The van der Waals surface area contributed by atoms with Gasteiger partial charge in [0.15, 0.2) is 0 Å². The molecule has 0 amide bonds. The Morgan fingerprint density at radius 3 is 2.89 bits per heavy atom. The molecule has 1 aromatic rings. The Balaban J connectivity index is 1.51. The van der Waals surface area contributed by atoms with Crippen molar-refractivity contribution in [3.8, 4) is 5.75 Å². The molecule has 3 heteroatoms. The van der Waals surface area contributed by atoms with E-state index in [9.17, 15) is 5.11 Å². The van der Waals surface area contributed by atoms with Crippen molar-refractivity contribution < 1.29 is 5.11 Å². The summed E-state index contributed by atoms with van der Waals surface area (Å²) >= 11 is 5.89. The molecule has 3 atom stereocenters. The van der Waals surface area contributed by atoms with Gasteiger partial charge in [-0.3, -0.25) is 0 Å². The molecule has 1 aromatic carbocycles. The summed E-state index contributed by atoms with van der Waals surface area (Å²) in [6.07, 6.45) is 5.74. The molecule has 2 aliphatic rings. The van der Waals surface area contributed by atoms with E-state index < -0.39 is 0 Å². The molecule has 2 aliphatic carbocycles. The maximum atomic E-state index is 9.82. The number of phenols is 1. The third kappa shape index (κ3) is 2.36. The van der Waals surface area contributed by atoms with Crippen LogP contribution in [-0.2, 0) is 6.54 Å². The highest BCUT2D eigenvalue weighted by Gasteiger charge is 2.38. The molecule has 0 aromatic heterocycles. The Hall–Kier alpha value is -0.730. The number of benzene rings is 1. The van der Waals surface area contributed by atoms with E-state index in [0.29, 0.717) is 11.6 Å². The number of para-hydroxylation sites is 1. The molecule has 3 unspecified atom stereocenters. The van der Waals surface area contributed by atoms with E-state index in [2.05, 4.69) is 5.32 Å². The highest BCUT2D eigenvalue weighted by Crippen LogP contribution is 2.47. The van der Waals surface area contributed by atoms with Crippen molar-refractivity contribution in [1.82, 2.24) is 5.32 Å². The molecule has 0 spiro atoms. The summed E-state index contributed by atoms with van der Waals surface area (Å²) in [5.41, 5.74) is 0.894. The van der Waals surface area contributed by atoms with E-state index in [1.807, 2.05) is 12.1 Å². The summed E-state index contributed by atoms with van der Waals surface area (Å²) in [7, 11) is 0. The van der Waals surface area contributed by atoms with Gasteiger partial charge in [-0.15, -0.1) is 0 Å². The van der Waals surface area contributed by atoms with Crippen LogP contribution in [0.2, 0.25) is 5.02 Å². The average Bonchev–Trinajstić information content (AvgIpc) is 2.97. The Kier molecular flexibility index (Phi) is 3.49. The zero-order valence-electron chi connectivity index (χ0n) is 10.5. The molecule has 0 radical (unpaired) electrons. The van der Waals surface area contributed by atoms with Crippen LogP contribution in [0, 0.1) is 17.8 Å². The smallest absolute Gasteiger partial charge is 0.138 e. The molecule has 18 heavy (non-hydrogen) atoms. The molecule has 0 heterocycles. The Bertz CT molecular complexity index is 435. The van der Waals surface area contributed by atoms with Gasteiger partial charge >= 0.3 is 0 Å². The van der Waals surface area contributed by atoms with Crippen LogP contribution >= 0.6 is 11.6 Å². The zero-order chi connectivity index (χ0) is 12.5. The molecule has 0 aliphatic heterocycles. The van der Waals surface area contributed by atoms with Crippen LogP contribution in [0.1, 0.15) is 31.2 Å². The number of hydrogen-bond acceptors (Lipinski definition) is 2. The Morgan fingerprint density at radius 2 is 2.17 bits per heavy atom. The first-order valence-electron chi connectivity index (χ1n) is 6.91. The number of halogens is 1. The fourth-order valence-corrected chi connectivity index (χ4v) is 3.92. The lowest BCUT2D eigenvalue weighted by Gasteiger charge is -2.22. The summed E-state index contributed by atoms with van der Waals surface area (Å²) in [4.78, 5) is 0. The first-order chi connectivity index (χ1) is 8.74. The van der Waals surface area contributed by atoms with Crippen LogP contribution in [0.3, 0.4) is 0 Å². The highest BCUT2D eigenvalue weighted by molar-refractivity contribution is 6.32. The molecule has 2 N–H and O–H groups in total. The second-order valence-corrected chi connectivity index (χ2v) is 6.22. The van der Waals surface area contributed by atoms with Gasteiger partial charge in [-0.25, -0.2) is 0 Å². The molecule has 3 rings (SSSR count). The van der Waals surface area contributed by atoms with Gasteiger partial charge in [0.25, 0.3) is 0 Å². The first-order valence-corrected chi connectivity index (χ1v) is 7.29. The summed E-state index contributed by atoms with van der Waals surface area (Å²) < 4.78 is 0. The van der Waals surface area contributed by atoms with E-state index in [0.717, 1.165) is 29.9 Å². The number of nitrogens with one attached hydrogen (secondary N) is 1. The van der Waals surface area contributed by atoms with Crippen LogP contribution in [0.15, 0.2) is 18.2 Å². The van der Waals surface area contributed by atoms with E-state index >= 15 is 0 Å². The number of phenolic OH excluding ortho intramolecular Hbond substituents is 1. The van der Waals surface area contributed by atoms with Gasteiger partial charge in [0.05, 0.1) is 5.02 Å². The quantitative estimate of drug-likeness (QED) is 0.872. The topological polar surface area (TPSA) is 32.3 Å². The van der Waals surface area contributed by atoms with Crippen LogP contribution in [0.5, 0.6) is 5.75 Å². The maximum Gasteiger partial charge on any atom is 0.138 e. The standard InChI is InChI=1S/C15H20ClNO/c16-14-3-1-2-12(15(14)18)8-17-9-13-7-10-4-5-11(13)6-10/h1-3,10-11,13,17-18H,4-9H2. The lowest BCUT2D eigenvalue weighted by Crippen LogP contribution is -2.26. The van der Waals surface area contributed by atoms with Crippen molar-refractivity contribution in [2.75, 3.05) is 6.54 Å². The van der Waals surface area contributed by atoms with E-state index in [1.165, 1.54) is 25.7 Å². The van der Waals surface area contributed by atoms with E-state index in [1.54, 1.807) is 6.07 Å². The summed E-state index contributed by atoms with van der Waals surface area (Å²) in [5, 5.41) is 13.7. The summed E-state index contributed by atoms with van der Waals surface area (Å²) in [6.45, 7) is 1.79. The molecule has 2 bridgehead atoms. The van der Waals surface area contributed by atoms with Crippen LogP contribution in [0.4, 0.5) is 0 Å². The van der Waals surface area contributed by atoms with Gasteiger partial charge in [-0.1, -0.05) is 30.2 Å². The largest absolute Gasteiger partial charge is 0.506 e. The number of aromatic hydroxyl groups is 1. The Morgan fingerprint density at radius 1 is 1.28 bits per heavy atom. The van der Waals surface area contributed by atoms with Crippen molar-refractivity contribution >= 4 is 11.6 Å². The third-order valence-corrected chi connectivity index (χ3v) is 4.98. The monoisotopic (exact) mass is 265 g/mol. The minimum absolute atomic E-state index is 0.222. The third-order valence-electron chi connectivity index (χ3n) is 4.68. The van der Waals surface area contributed by atoms with E-state index in [-0.39, 0.29) is 5.75 Å². The molecular formula is C15H20ClNO. The van der Waals surface area contributed by atoms with Gasteiger partial charge in [0, 0.05) is 12.1 Å². The summed E-state index contributed by atoms with van der Waals surface area (Å²) in [6, 6.07) is 5.53. The van der Waals surface area contributed by atoms with Gasteiger partial charge in [0.2, 0.25) is 0 Å². The second kappa shape index (κ2) is 5.10. The molecule has 98 valence electrons. The lowest BCUT2D eigenvalue weighted by molar-refractivity contribution is 0.318. The fourth-order valence-electron chi connectivity index (χ4n) is 3.72. The number of fused-ring (bicyclic) bond motifs is 2. The van der Waals surface area contributed by atoms with Crippen molar-refractivity contribution in [3.05, 3.63) is 28.8 Å². The lowest BCUT2D eigenvalue weighted by atomic mass is 9.89. The molecule has 2 fully saturated rings. The minimum atomic E-state index is 0.222. The molecular weight excluding hydrogens is 246 g/mol. The van der Waals surface area contributed by atoms with Crippen LogP contribution in [-0.4, -0.2) is 11.7 Å². The normalized spacial score (nSPS) is 29.9. The molecule has 2 nitrogen and oxygen atoms in total. The van der Waals surface area contributed by atoms with Crippen molar-refractivity contribution in [1.29, 1.82) is 0 Å². The van der Waals surface area contributed by atoms with Gasteiger partial charge in [-0.2, -0.15) is 0 Å². The summed E-state index contributed by atoms with van der Waals surface area (Å²) in [5.74, 6) is 3.03. The predicted molar refractivity (Wildman–Crippen MR) is 73.8 cm³/mol.